The Balaban J connectivity index is 1.60. The van der Waals surface area contributed by atoms with E-state index in [1.54, 1.807) is 0 Å². The lowest BCUT2D eigenvalue weighted by Gasteiger charge is -2.33. The van der Waals surface area contributed by atoms with Crippen molar-refractivity contribution in [1.29, 1.82) is 0 Å². The number of aromatic nitrogens is 2. The monoisotopic (exact) mass is 340 g/mol. The highest BCUT2D eigenvalue weighted by Gasteiger charge is 2.20. The lowest BCUT2D eigenvalue weighted by Crippen LogP contribution is -2.37. The van der Waals surface area contributed by atoms with Gasteiger partial charge in [-0.05, 0) is 57.8 Å². The molecule has 0 atom stereocenters. The molecule has 4 nitrogen and oxygen atoms in total. The SMILES string of the molecule is CCn1cc(CN(CCc2ccccc2)CC2CCN(C)CC2)cn1. The lowest BCUT2D eigenvalue weighted by molar-refractivity contribution is 0.157. The molecule has 3 rings (SSSR count). The van der Waals surface area contributed by atoms with Crippen LogP contribution in [0.1, 0.15) is 30.9 Å². The average molecular weight is 341 g/mol. The van der Waals surface area contributed by atoms with Gasteiger partial charge >= 0.3 is 0 Å². The van der Waals surface area contributed by atoms with Gasteiger partial charge < -0.3 is 4.90 Å². The van der Waals surface area contributed by atoms with E-state index in [0.717, 1.165) is 32.0 Å². The van der Waals surface area contributed by atoms with Gasteiger partial charge in [0.15, 0.2) is 0 Å². The van der Waals surface area contributed by atoms with E-state index in [1.807, 2.05) is 10.9 Å². The molecule has 1 fully saturated rings. The number of rotatable bonds is 8. The predicted octanol–water partition coefficient (Wildman–Crippen LogP) is 3.29. The molecule has 1 saturated heterocycles. The van der Waals surface area contributed by atoms with Gasteiger partial charge in [-0.1, -0.05) is 30.3 Å². The first-order valence-electron chi connectivity index (χ1n) is 9.69. The molecular formula is C21H32N4. The molecule has 136 valence electrons. The Morgan fingerprint density at radius 3 is 2.56 bits per heavy atom. The van der Waals surface area contributed by atoms with E-state index in [-0.39, 0.29) is 0 Å². The summed E-state index contributed by atoms with van der Waals surface area (Å²) >= 11 is 0. The summed E-state index contributed by atoms with van der Waals surface area (Å²) in [6.07, 6.45) is 8.01. The van der Waals surface area contributed by atoms with Crippen LogP contribution in [-0.2, 0) is 19.5 Å². The van der Waals surface area contributed by atoms with Crippen LogP contribution in [0.4, 0.5) is 0 Å². The highest BCUT2D eigenvalue weighted by atomic mass is 15.3. The van der Waals surface area contributed by atoms with E-state index in [1.165, 1.54) is 43.6 Å². The van der Waals surface area contributed by atoms with Crippen LogP contribution in [0.5, 0.6) is 0 Å². The molecule has 0 amide bonds. The fourth-order valence-corrected chi connectivity index (χ4v) is 3.70. The second-order valence-electron chi connectivity index (χ2n) is 7.42. The zero-order chi connectivity index (χ0) is 17.5. The molecule has 25 heavy (non-hydrogen) atoms. The van der Waals surface area contributed by atoms with Crippen molar-refractivity contribution < 1.29 is 0 Å². The smallest absolute Gasteiger partial charge is 0.0534 e. The molecule has 0 N–H and O–H groups in total. The summed E-state index contributed by atoms with van der Waals surface area (Å²) < 4.78 is 2.03. The van der Waals surface area contributed by atoms with Gasteiger partial charge in [0.25, 0.3) is 0 Å². The van der Waals surface area contributed by atoms with Crippen LogP contribution in [0.3, 0.4) is 0 Å². The highest BCUT2D eigenvalue weighted by molar-refractivity contribution is 5.15. The third-order valence-electron chi connectivity index (χ3n) is 5.33. The number of aryl methyl sites for hydroxylation is 1. The average Bonchev–Trinajstić information content (AvgIpc) is 3.10. The molecule has 1 aromatic heterocycles. The number of hydrogen-bond acceptors (Lipinski definition) is 3. The third kappa shape index (κ3) is 5.68. The van der Waals surface area contributed by atoms with Crippen LogP contribution in [0.25, 0.3) is 0 Å². The fourth-order valence-electron chi connectivity index (χ4n) is 3.70. The Morgan fingerprint density at radius 1 is 1.12 bits per heavy atom. The molecule has 1 aliphatic heterocycles. The topological polar surface area (TPSA) is 24.3 Å². The standard InChI is InChI=1S/C21H32N4/c1-3-25-18-21(15-22-25)17-24(14-11-19-7-5-4-6-8-19)16-20-9-12-23(2)13-10-20/h4-8,15,18,20H,3,9-14,16-17H2,1-2H3. The first-order chi connectivity index (χ1) is 12.2. The molecule has 2 heterocycles. The summed E-state index contributed by atoms with van der Waals surface area (Å²) in [7, 11) is 2.24. The zero-order valence-corrected chi connectivity index (χ0v) is 15.8. The van der Waals surface area contributed by atoms with Crippen molar-refractivity contribution in [2.45, 2.75) is 39.3 Å². The largest absolute Gasteiger partial charge is 0.306 e. The van der Waals surface area contributed by atoms with Crippen molar-refractivity contribution in [2.24, 2.45) is 5.92 Å². The second-order valence-corrected chi connectivity index (χ2v) is 7.42. The van der Waals surface area contributed by atoms with Gasteiger partial charge in [0.1, 0.15) is 0 Å². The first-order valence-corrected chi connectivity index (χ1v) is 9.69. The predicted molar refractivity (Wildman–Crippen MR) is 104 cm³/mol. The third-order valence-corrected chi connectivity index (χ3v) is 5.33. The Kier molecular flexibility index (Phi) is 6.65. The molecule has 0 radical (unpaired) electrons. The number of nitrogens with zero attached hydrogens (tertiary/aromatic N) is 4. The Morgan fingerprint density at radius 2 is 1.88 bits per heavy atom. The maximum absolute atomic E-state index is 4.45. The maximum Gasteiger partial charge on any atom is 0.0534 e. The van der Waals surface area contributed by atoms with Crippen LogP contribution < -0.4 is 0 Å². The van der Waals surface area contributed by atoms with Crippen LogP contribution >= 0.6 is 0 Å². The normalized spacial score (nSPS) is 16.6. The van der Waals surface area contributed by atoms with Crippen LogP contribution in [0.15, 0.2) is 42.7 Å². The van der Waals surface area contributed by atoms with Crippen molar-refractivity contribution in [3.8, 4) is 0 Å². The molecule has 2 aromatic rings. The van der Waals surface area contributed by atoms with Crippen molar-refractivity contribution in [3.63, 3.8) is 0 Å². The first kappa shape index (κ1) is 18.2. The van der Waals surface area contributed by atoms with Crippen molar-refractivity contribution in [3.05, 3.63) is 53.9 Å². The maximum atomic E-state index is 4.45. The summed E-state index contributed by atoms with van der Waals surface area (Å²) in [5, 5.41) is 4.45. The minimum absolute atomic E-state index is 0.827. The molecule has 0 bridgehead atoms. The Bertz CT molecular complexity index is 614. The number of piperidine rings is 1. The van der Waals surface area contributed by atoms with E-state index in [2.05, 4.69) is 65.4 Å². The number of likely N-dealkylation sites (tertiary alicyclic amines) is 1. The quantitative estimate of drug-likeness (QED) is 0.737. The van der Waals surface area contributed by atoms with Crippen molar-refractivity contribution >= 4 is 0 Å². The molecule has 1 aliphatic rings. The highest BCUT2D eigenvalue weighted by Crippen LogP contribution is 2.19. The molecular weight excluding hydrogens is 308 g/mol. The fraction of sp³-hybridized carbons (Fsp3) is 0.571. The summed E-state index contributed by atoms with van der Waals surface area (Å²) in [5.74, 6) is 0.827. The van der Waals surface area contributed by atoms with E-state index in [9.17, 15) is 0 Å². The van der Waals surface area contributed by atoms with Gasteiger partial charge in [-0.15, -0.1) is 0 Å². The van der Waals surface area contributed by atoms with Crippen molar-refractivity contribution in [1.82, 2.24) is 19.6 Å². The molecule has 0 saturated carbocycles. The minimum Gasteiger partial charge on any atom is -0.306 e. The molecule has 0 unspecified atom stereocenters. The van der Waals surface area contributed by atoms with E-state index >= 15 is 0 Å². The summed E-state index contributed by atoms with van der Waals surface area (Å²) in [4.78, 5) is 5.09. The Labute approximate surface area is 152 Å². The van der Waals surface area contributed by atoms with Gasteiger partial charge in [0.2, 0.25) is 0 Å². The lowest BCUT2D eigenvalue weighted by atomic mass is 9.96. The number of hydrogen-bond donors (Lipinski definition) is 0. The summed E-state index contributed by atoms with van der Waals surface area (Å²) in [5.41, 5.74) is 2.77. The summed E-state index contributed by atoms with van der Waals surface area (Å²) in [6, 6.07) is 10.9. The van der Waals surface area contributed by atoms with Crippen LogP contribution in [0, 0.1) is 5.92 Å². The van der Waals surface area contributed by atoms with Gasteiger partial charge in [-0.3, -0.25) is 9.58 Å². The van der Waals surface area contributed by atoms with E-state index < -0.39 is 0 Å². The molecule has 4 heteroatoms. The van der Waals surface area contributed by atoms with E-state index in [4.69, 9.17) is 0 Å². The molecule has 0 spiro atoms. The zero-order valence-electron chi connectivity index (χ0n) is 15.8. The van der Waals surface area contributed by atoms with Crippen molar-refractivity contribution in [2.75, 3.05) is 33.2 Å². The van der Waals surface area contributed by atoms with Crippen LogP contribution in [0.2, 0.25) is 0 Å². The Hall–Kier alpha value is -1.65. The number of benzene rings is 1. The van der Waals surface area contributed by atoms with Gasteiger partial charge in [0, 0.05) is 37.9 Å². The van der Waals surface area contributed by atoms with Gasteiger partial charge in [-0.25, -0.2) is 0 Å². The van der Waals surface area contributed by atoms with Crippen LogP contribution in [-0.4, -0.2) is 52.8 Å². The molecule has 1 aromatic carbocycles. The molecule has 0 aliphatic carbocycles. The minimum atomic E-state index is 0.827. The second kappa shape index (κ2) is 9.16. The summed E-state index contributed by atoms with van der Waals surface area (Å²) in [6.45, 7) is 8.90. The van der Waals surface area contributed by atoms with Gasteiger partial charge in [0.05, 0.1) is 6.20 Å². The van der Waals surface area contributed by atoms with E-state index in [0.29, 0.717) is 0 Å². The van der Waals surface area contributed by atoms with Gasteiger partial charge in [-0.2, -0.15) is 5.10 Å².